The number of hydrogen-bond donors (Lipinski definition) is 0. The number of ketones is 1. The van der Waals surface area contributed by atoms with Gasteiger partial charge in [0.1, 0.15) is 11.6 Å². The molecular formula is C12H12ClFO. The summed E-state index contributed by atoms with van der Waals surface area (Å²) >= 11 is 5.66. The van der Waals surface area contributed by atoms with Crippen molar-refractivity contribution in [1.82, 2.24) is 0 Å². The molecule has 1 fully saturated rings. The zero-order chi connectivity index (χ0) is 10.8. The Morgan fingerprint density at radius 1 is 1.47 bits per heavy atom. The average molecular weight is 227 g/mol. The molecule has 1 aliphatic carbocycles. The maximum absolute atomic E-state index is 13.4. The van der Waals surface area contributed by atoms with Crippen molar-refractivity contribution in [3.63, 3.8) is 0 Å². The lowest BCUT2D eigenvalue weighted by molar-refractivity contribution is -0.117. The fourth-order valence-electron chi connectivity index (χ4n) is 2.06. The number of carbonyl (C=O) groups excluding carboxylic acids is 1. The van der Waals surface area contributed by atoms with E-state index in [9.17, 15) is 9.18 Å². The van der Waals surface area contributed by atoms with Crippen molar-refractivity contribution in [2.24, 2.45) is 5.92 Å². The summed E-state index contributed by atoms with van der Waals surface area (Å²) in [6.07, 6.45) is 2.79. The summed E-state index contributed by atoms with van der Waals surface area (Å²) in [6, 6.07) is 4.73. The molecular weight excluding hydrogens is 215 g/mol. The average Bonchev–Trinajstić information content (AvgIpc) is 2.56. The van der Waals surface area contributed by atoms with Gasteiger partial charge in [0.25, 0.3) is 0 Å². The number of benzene rings is 1. The van der Waals surface area contributed by atoms with E-state index >= 15 is 0 Å². The fourth-order valence-corrected chi connectivity index (χ4v) is 2.22. The van der Waals surface area contributed by atoms with Crippen LogP contribution >= 0.6 is 11.6 Å². The van der Waals surface area contributed by atoms with Crippen molar-refractivity contribution in [3.8, 4) is 0 Å². The first kappa shape index (κ1) is 10.6. The van der Waals surface area contributed by atoms with Crippen LogP contribution in [-0.4, -0.2) is 5.78 Å². The predicted octanol–water partition coefficient (Wildman–Crippen LogP) is 3.39. The number of carbonyl (C=O) groups is 1. The molecule has 1 atom stereocenters. The molecule has 0 aromatic heterocycles. The monoisotopic (exact) mass is 226 g/mol. The fraction of sp³-hybridized carbons (Fsp3) is 0.417. The quantitative estimate of drug-likeness (QED) is 0.756. The van der Waals surface area contributed by atoms with Crippen molar-refractivity contribution >= 4 is 17.4 Å². The molecule has 1 saturated carbocycles. The predicted molar refractivity (Wildman–Crippen MR) is 57.5 cm³/mol. The highest BCUT2D eigenvalue weighted by Gasteiger charge is 2.23. The van der Waals surface area contributed by atoms with Gasteiger partial charge in [-0.15, -0.1) is 0 Å². The van der Waals surface area contributed by atoms with Crippen LogP contribution < -0.4 is 0 Å². The molecule has 2 rings (SSSR count). The van der Waals surface area contributed by atoms with Crippen LogP contribution in [0.5, 0.6) is 0 Å². The van der Waals surface area contributed by atoms with E-state index in [4.69, 9.17) is 11.6 Å². The molecule has 1 aromatic carbocycles. The summed E-state index contributed by atoms with van der Waals surface area (Å²) in [5, 5.41) is 0.416. The van der Waals surface area contributed by atoms with Crippen LogP contribution in [0.3, 0.4) is 0 Å². The van der Waals surface area contributed by atoms with E-state index in [1.54, 1.807) is 12.1 Å². The van der Waals surface area contributed by atoms with Crippen LogP contribution in [0.25, 0.3) is 0 Å². The summed E-state index contributed by atoms with van der Waals surface area (Å²) in [5.74, 6) is 0.351. The van der Waals surface area contributed by atoms with E-state index < -0.39 is 0 Å². The van der Waals surface area contributed by atoms with Crippen LogP contribution in [0.2, 0.25) is 5.02 Å². The van der Waals surface area contributed by atoms with Crippen LogP contribution in [0.15, 0.2) is 18.2 Å². The summed E-state index contributed by atoms with van der Waals surface area (Å²) in [4.78, 5) is 11.1. The van der Waals surface area contributed by atoms with Crippen LogP contribution in [0, 0.1) is 11.7 Å². The molecule has 3 heteroatoms. The van der Waals surface area contributed by atoms with E-state index in [0.29, 0.717) is 41.5 Å². The minimum Gasteiger partial charge on any atom is -0.300 e. The van der Waals surface area contributed by atoms with Crippen LogP contribution in [-0.2, 0) is 11.2 Å². The van der Waals surface area contributed by atoms with Gasteiger partial charge < -0.3 is 0 Å². The van der Waals surface area contributed by atoms with Gasteiger partial charge in [-0.05, 0) is 36.5 Å². The Hall–Kier alpha value is -0.890. The summed E-state index contributed by atoms with van der Waals surface area (Å²) in [7, 11) is 0. The Bertz CT molecular complexity index is 389. The largest absolute Gasteiger partial charge is 0.300 e. The van der Waals surface area contributed by atoms with Gasteiger partial charge in [0.15, 0.2) is 0 Å². The SMILES string of the molecule is O=C1CCC(Cc2ccc(Cl)cc2F)C1. The molecule has 0 heterocycles. The van der Waals surface area contributed by atoms with Gasteiger partial charge >= 0.3 is 0 Å². The first-order valence-electron chi connectivity index (χ1n) is 5.11. The molecule has 80 valence electrons. The lowest BCUT2D eigenvalue weighted by Gasteiger charge is -2.08. The van der Waals surface area contributed by atoms with Gasteiger partial charge in [0.2, 0.25) is 0 Å². The van der Waals surface area contributed by atoms with Crippen molar-refractivity contribution < 1.29 is 9.18 Å². The molecule has 0 saturated heterocycles. The Morgan fingerprint density at radius 3 is 2.87 bits per heavy atom. The summed E-state index contributed by atoms with van der Waals surface area (Å²) in [6.45, 7) is 0. The summed E-state index contributed by atoms with van der Waals surface area (Å²) in [5.41, 5.74) is 0.666. The first-order chi connectivity index (χ1) is 7.15. The van der Waals surface area contributed by atoms with Gasteiger partial charge in [-0.3, -0.25) is 4.79 Å². The second kappa shape index (κ2) is 4.31. The number of halogens is 2. The third kappa shape index (κ3) is 2.57. The van der Waals surface area contributed by atoms with E-state index in [2.05, 4.69) is 0 Å². The minimum absolute atomic E-state index is 0.262. The highest BCUT2D eigenvalue weighted by molar-refractivity contribution is 6.30. The molecule has 1 aromatic rings. The second-order valence-electron chi connectivity index (χ2n) is 4.09. The maximum Gasteiger partial charge on any atom is 0.133 e. The van der Waals surface area contributed by atoms with E-state index in [1.807, 2.05) is 0 Å². The number of rotatable bonds is 2. The molecule has 1 aliphatic rings. The van der Waals surface area contributed by atoms with E-state index in [-0.39, 0.29) is 5.82 Å². The standard InChI is InChI=1S/C12H12ClFO/c13-10-3-2-9(12(14)7-10)5-8-1-4-11(15)6-8/h2-3,7-8H,1,4-6H2. The Balaban J connectivity index is 2.07. The van der Waals surface area contributed by atoms with Gasteiger partial charge in [0.05, 0.1) is 0 Å². The zero-order valence-electron chi connectivity index (χ0n) is 8.30. The van der Waals surface area contributed by atoms with Crippen molar-refractivity contribution in [2.45, 2.75) is 25.7 Å². The molecule has 0 radical (unpaired) electrons. The van der Waals surface area contributed by atoms with Crippen LogP contribution in [0.1, 0.15) is 24.8 Å². The normalized spacial score (nSPS) is 20.9. The van der Waals surface area contributed by atoms with Gasteiger partial charge in [-0.2, -0.15) is 0 Å². The van der Waals surface area contributed by atoms with Crippen molar-refractivity contribution in [1.29, 1.82) is 0 Å². The molecule has 0 amide bonds. The lowest BCUT2D eigenvalue weighted by atomic mass is 9.98. The third-order valence-corrected chi connectivity index (χ3v) is 3.11. The zero-order valence-corrected chi connectivity index (χ0v) is 9.06. The van der Waals surface area contributed by atoms with E-state index in [1.165, 1.54) is 6.07 Å². The van der Waals surface area contributed by atoms with Gasteiger partial charge in [-0.1, -0.05) is 17.7 Å². The maximum atomic E-state index is 13.4. The Labute approximate surface area is 93.2 Å². The minimum atomic E-state index is -0.262. The van der Waals surface area contributed by atoms with E-state index in [0.717, 1.165) is 6.42 Å². The molecule has 15 heavy (non-hydrogen) atoms. The lowest BCUT2D eigenvalue weighted by Crippen LogP contribution is -2.02. The second-order valence-corrected chi connectivity index (χ2v) is 4.52. The smallest absolute Gasteiger partial charge is 0.133 e. The molecule has 0 N–H and O–H groups in total. The molecule has 0 spiro atoms. The van der Waals surface area contributed by atoms with Crippen molar-refractivity contribution in [3.05, 3.63) is 34.6 Å². The molecule has 1 unspecified atom stereocenters. The highest BCUT2D eigenvalue weighted by Crippen LogP contribution is 2.27. The van der Waals surface area contributed by atoms with Gasteiger partial charge in [-0.25, -0.2) is 4.39 Å². The summed E-state index contributed by atoms with van der Waals surface area (Å²) < 4.78 is 13.4. The molecule has 0 aliphatic heterocycles. The topological polar surface area (TPSA) is 17.1 Å². The Kier molecular flexibility index (Phi) is 3.06. The van der Waals surface area contributed by atoms with Crippen LogP contribution in [0.4, 0.5) is 4.39 Å². The highest BCUT2D eigenvalue weighted by atomic mass is 35.5. The third-order valence-electron chi connectivity index (χ3n) is 2.87. The van der Waals surface area contributed by atoms with Gasteiger partial charge in [0, 0.05) is 17.9 Å². The Morgan fingerprint density at radius 2 is 2.27 bits per heavy atom. The molecule has 0 bridgehead atoms. The first-order valence-corrected chi connectivity index (χ1v) is 5.48. The molecule has 1 nitrogen and oxygen atoms in total. The van der Waals surface area contributed by atoms with Crippen molar-refractivity contribution in [2.75, 3.05) is 0 Å². The number of hydrogen-bond acceptors (Lipinski definition) is 1. The number of Topliss-reactive ketones (excluding diaryl/α,β-unsaturated/α-hetero) is 1.